The van der Waals surface area contributed by atoms with Crippen molar-refractivity contribution in [3.05, 3.63) is 65.0 Å². The number of nitrogens with zero attached hydrogens (tertiary/aromatic N) is 2. The van der Waals surface area contributed by atoms with Crippen LogP contribution in [0.5, 0.6) is 0 Å². The maximum atomic E-state index is 12.0. The lowest BCUT2D eigenvalue weighted by atomic mass is 9.99. The van der Waals surface area contributed by atoms with Gasteiger partial charge in [-0.05, 0) is 37.1 Å². The first kappa shape index (κ1) is 18.6. The van der Waals surface area contributed by atoms with Crippen molar-refractivity contribution >= 4 is 34.5 Å². The SMILES string of the molecule is CC(C)OC(=O)c1ccc(-c2ccccc2C=NNc2nc(N)cs2)cc1. The summed E-state index contributed by atoms with van der Waals surface area (Å²) in [6, 6.07) is 15.2. The zero-order valence-corrected chi connectivity index (χ0v) is 15.9. The van der Waals surface area contributed by atoms with Gasteiger partial charge in [-0.15, -0.1) is 11.3 Å². The Labute approximate surface area is 161 Å². The number of aromatic nitrogens is 1. The van der Waals surface area contributed by atoms with E-state index in [1.165, 1.54) is 11.3 Å². The van der Waals surface area contributed by atoms with Gasteiger partial charge in [-0.1, -0.05) is 36.4 Å². The van der Waals surface area contributed by atoms with Crippen LogP contribution >= 0.6 is 11.3 Å². The molecule has 0 bridgehead atoms. The van der Waals surface area contributed by atoms with Crippen LogP contribution in [0.4, 0.5) is 10.9 Å². The highest BCUT2D eigenvalue weighted by atomic mass is 32.1. The third kappa shape index (κ3) is 4.92. The fraction of sp³-hybridized carbons (Fsp3) is 0.150. The van der Waals surface area contributed by atoms with Gasteiger partial charge in [0.05, 0.1) is 17.9 Å². The molecule has 0 fully saturated rings. The number of nitrogens with two attached hydrogens (primary N) is 1. The van der Waals surface area contributed by atoms with Gasteiger partial charge in [0.15, 0.2) is 0 Å². The van der Waals surface area contributed by atoms with Crippen molar-refractivity contribution in [1.29, 1.82) is 0 Å². The van der Waals surface area contributed by atoms with E-state index in [0.29, 0.717) is 16.5 Å². The van der Waals surface area contributed by atoms with E-state index in [-0.39, 0.29) is 12.1 Å². The fourth-order valence-electron chi connectivity index (χ4n) is 2.43. The van der Waals surface area contributed by atoms with Crippen LogP contribution in [0.1, 0.15) is 29.8 Å². The zero-order chi connectivity index (χ0) is 19.2. The van der Waals surface area contributed by atoms with E-state index in [1.807, 2.05) is 50.2 Å². The van der Waals surface area contributed by atoms with Crippen molar-refractivity contribution in [3.63, 3.8) is 0 Å². The maximum absolute atomic E-state index is 12.0. The van der Waals surface area contributed by atoms with Crippen LogP contribution in [-0.4, -0.2) is 23.3 Å². The summed E-state index contributed by atoms with van der Waals surface area (Å²) in [7, 11) is 0. The Bertz CT molecular complexity index is 949. The fourth-order valence-corrected chi connectivity index (χ4v) is 2.98. The molecule has 6 nitrogen and oxygen atoms in total. The second-order valence-corrected chi connectivity index (χ2v) is 6.92. The number of carbonyl (C=O) groups is 1. The smallest absolute Gasteiger partial charge is 0.338 e. The van der Waals surface area contributed by atoms with Crippen LogP contribution in [-0.2, 0) is 4.74 Å². The Kier molecular flexibility index (Phi) is 5.83. The van der Waals surface area contributed by atoms with Crippen molar-refractivity contribution in [1.82, 2.24) is 4.98 Å². The average molecular weight is 380 g/mol. The highest BCUT2D eigenvalue weighted by Gasteiger charge is 2.10. The van der Waals surface area contributed by atoms with Gasteiger partial charge in [0.2, 0.25) is 5.13 Å². The molecule has 0 saturated heterocycles. The Hall–Kier alpha value is -3.19. The van der Waals surface area contributed by atoms with Crippen molar-refractivity contribution in [2.45, 2.75) is 20.0 Å². The predicted molar refractivity (Wildman–Crippen MR) is 110 cm³/mol. The molecule has 0 aliphatic carbocycles. The monoisotopic (exact) mass is 380 g/mol. The van der Waals surface area contributed by atoms with Crippen molar-refractivity contribution < 1.29 is 9.53 Å². The quantitative estimate of drug-likeness (QED) is 0.376. The number of hydrazone groups is 1. The number of esters is 1. The van der Waals surface area contributed by atoms with E-state index < -0.39 is 0 Å². The molecule has 3 aromatic rings. The average Bonchev–Trinajstić information content (AvgIpc) is 3.07. The highest BCUT2D eigenvalue weighted by Crippen LogP contribution is 2.24. The number of nitrogen functional groups attached to an aromatic ring is 1. The molecule has 27 heavy (non-hydrogen) atoms. The minimum absolute atomic E-state index is 0.144. The predicted octanol–water partition coefficient (Wildman–Crippen LogP) is 4.40. The zero-order valence-electron chi connectivity index (χ0n) is 15.0. The first-order valence-electron chi connectivity index (χ1n) is 8.43. The molecule has 3 N–H and O–H groups in total. The Morgan fingerprint density at radius 2 is 1.96 bits per heavy atom. The molecule has 0 radical (unpaired) electrons. The van der Waals surface area contributed by atoms with Gasteiger partial charge < -0.3 is 10.5 Å². The normalized spacial score (nSPS) is 11.1. The molecule has 0 unspecified atom stereocenters. The summed E-state index contributed by atoms with van der Waals surface area (Å²) in [6.45, 7) is 3.66. The lowest BCUT2D eigenvalue weighted by Crippen LogP contribution is -2.11. The number of anilines is 2. The summed E-state index contributed by atoms with van der Waals surface area (Å²) in [5, 5.41) is 6.61. The van der Waals surface area contributed by atoms with Gasteiger partial charge in [-0.25, -0.2) is 9.78 Å². The summed E-state index contributed by atoms with van der Waals surface area (Å²) < 4.78 is 5.22. The van der Waals surface area contributed by atoms with Crippen LogP contribution in [0.15, 0.2) is 59.0 Å². The second kappa shape index (κ2) is 8.46. The maximum Gasteiger partial charge on any atom is 0.338 e. The molecule has 3 rings (SSSR count). The van der Waals surface area contributed by atoms with Crippen LogP contribution in [0.2, 0.25) is 0 Å². The molecule has 0 aliphatic heterocycles. The van der Waals surface area contributed by atoms with Crippen molar-refractivity contribution in [2.24, 2.45) is 5.10 Å². The molecule has 0 amide bonds. The molecule has 0 saturated carbocycles. The number of nitrogens with one attached hydrogen (secondary N) is 1. The Balaban J connectivity index is 1.78. The molecule has 1 aromatic heterocycles. The highest BCUT2D eigenvalue weighted by molar-refractivity contribution is 7.14. The molecule has 0 spiro atoms. The first-order valence-corrected chi connectivity index (χ1v) is 9.31. The number of thiazole rings is 1. The number of ether oxygens (including phenoxy) is 1. The Morgan fingerprint density at radius 1 is 1.22 bits per heavy atom. The summed E-state index contributed by atoms with van der Waals surface area (Å²) in [4.78, 5) is 16.1. The summed E-state index contributed by atoms with van der Waals surface area (Å²) in [5.41, 5.74) is 11.9. The van der Waals surface area contributed by atoms with Crippen LogP contribution < -0.4 is 11.2 Å². The second-order valence-electron chi connectivity index (χ2n) is 6.07. The van der Waals surface area contributed by atoms with Gasteiger partial charge in [-0.2, -0.15) is 5.10 Å². The molecule has 0 atom stereocenters. The molecule has 2 aromatic carbocycles. The van der Waals surface area contributed by atoms with Crippen molar-refractivity contribution in [2.75, 3.05) is 11.2 Å². The van der Waals surface area contributed by atoms with E-state index in [0.717, 1.165) is 16.7 Å². The van der Waals surface area contributed by atoms with E-state index in [9.17, 15) is 4.79 Å². The minimum Gasteiger partial charge on any atom is -0.459 e. The van der Waals surface area contributed by atoms with Crippen LogP contribution in [0.25, 0.3) is 11.1 Å². The minimum atomic E-state index is -0.321. The van der Waals surface area contributed by atoms with Gasteiger partial charge in [0.25, 0.3) is 0 Å². The van der Waals surface area contributed by atoms with Gasteiger partial charge in [-0.3, -0.25) is 5.43 Å². The molecule has 7 heteroatoms. The Morgan fingerprint density at radius 3 is 2.63 bits per heavy atom. The van der Waals surface area contributed by atoms with E-state index in [4.69, 9.17) is 10.5 Å². The summed E-state index contributed by atoms with van der Waals surface area (Å²) in [6.07, 6.45) is 1.59. The van der Waals surface area contributed by atoms with Gasteiger partial charge in [0.1, 0.15) is 5.82 Å². The van der Waals surface area contributed by atoms with Gasteiger partial charge in [0, 0.05) is 10.9 Å². The number of hydrogen-bond donors (Lipinski definition) is 2. The van der Waals surface area contributed by atoms with Crippen LogP contribution in [0.3, 0.4) is 0 Å². The molecule has 1 heterocycles. The summed E-state index contributed by atoms with van der Waals surface area (Å²) >= 11 is 1.39. The summed E-state index contributed by atoms with van der Waals surface area (Å²) in [5.74, 6) is 0.146. The van der Waals surface area contributed by atoms with Crippen molar-refractivity contribution in [3.8, 4) is 11.1 Å². The molecule has 0 aliphatic rings. The molecule has 138 valence electrons. The van der Waals surface area contributed by atoms with E-state index >= 15 is 0 Å². The first-order chi connectivity index (χ1) is 13.0. The lowest BCUT2D eigenvalue weighted by Gasteiger charge is -2.09. The third-order valence-electron chi connectivity index (χ3n) is 3.62. The molecular formula is C20H20N4O2S. The van der Waals surface area contributed by atoms with E-state index in [2.05, 4.69) is 15.5 Å². The van der Waals surface area contributed by atoms with E-state index in [1.54, 1.807) is 23.7 Å². The lowest BCUT2D eigenvalue weighted by molar-refractivity contribution is 0.0378. The topological polar surface area (TPSA) is 89.6 Å². The number of carbonyl (C=O) groups excluding carboxylic acids is 1. The largest absolute Gasteiger partial charge is 0.459 e. The molecular weight excluding hydrogens is 360 g/mol. The third-order valence-corrected chi connectivity index (χ3v) is 4.39. The number of benzene rings is 2. The van der Waals surface area contributed by atoms with Crippen LogP contribution in [0, 0.1) is 0 Å². The van der Waals surface area contributed by atoms with Gasteiger partial charge >= 0.3 is 5.97 Å². The number of rotatable bonds is 6. The number of hydrogen-bond acceptors (Lipinski definition) is 7. The standard InChI is InChI=1S/C20H20N4O2S/c1-13(2)26-19(25)15-9-7-14(8-10-15)17-6-4-3-5-16(17)11-22-24-20-23-18(21)12-27-20/h3-13H,21H2,1-2H3,(H,23,24).